The number of nitrogens with one attached hydrogen (secondary N) is 1. The lowest BCUT2D eigenvalue weighted by molar-refractivity contribution is -0.0470. The molecule has 0 amide bonds. The summed E-state index contributed by atoms with van der Waals surface area (Å²) in [4.78, 5) is 26.5. The van der Waals surface area contributed by atoms with Crippen molar-refractivity contribution in [3.05, 3.63) is 24.3 Å². The number of fused-ring (bicyclic) bond motifs is 1. The van der Waals surface area contributed by atoms with E-state index in [0.717, 1.165) is 19.1 Å². The molecule has 15 heteroatoms. The van der Waals surface area contributed by atoms with E-state index < -0.39 is 37.3 Å². The molecule has 52 heavy (non-hydrogen) atoms. The van der Waals surface area contributed by atoms with Gasteiger partial charge in [-0.3, -0.25) is 9.36 Å². The molecule has 0 unspecified atom stereocenters. The van der Waals surface area contributed by atoms with Crippen molar-refractivity contribution >= 4 is 48.2 Å². The van der Waals surface area contributed by atoms with Crippen LogP contribution in [0.4, 0.5) is 5.82 Å². The lowest BCUT2D eigenvalue weighted by Crippen LogP contribution is -2.54. The zero-order valence-electron chi connectivity index (χ0n) is 34.5. The summed E-state index contributed by atoms with van der Waals surface area (Å²) in [6.07, 6.45) is 8.36. The molecule has 12 nitrogen and oxygen atoms in total. The molecule has 1 saturated heterocycles. The van der Waals surface area contributed by atoms with E-state index in [2.05, 4.69) is 112 Å². The van der Waals surface area contributed by atoms with Gasteiger partial charge in [-0.2, -0.15) is 15.1 Å². The average molecular weight is 772 g/mol. The van der Waals surface area contributed by atoms with E-state index >= 15 is 0 Å². The lowest BCUT2D eigenvalue weighted by atomic mass is 10.1. The van der Waals surface area contributed by atoms with E-state index in [0.29, 0.717) is 35.1 Å². The number of aldehydes is 1. The predicted octanol–water partition coefficient (Wildman–Crippen LogP) is 8.88. The molecule has 4 atom stereocenters. The average Bonchev–Trinajstić information content (AvgIpc) is 3.82. The van der Waals surface area contributed by atoms with E-state index in [4.69, 9.17) is 33.0 Å². The third-order valence-electron chi connectivity index (χ3n) is 12.5. The highest BCUT2D eigenvalue weighted by molar-refractivity contribution is 6.75. The number of hydrogen-bond donors (Lipinski definition) is 1. The van der Waals surface area contributed by atoms with Crippen molar-refractivity contribution in [1.29, 1.82) is 0 Å². The minimum atomic E-state index is -2.38. The number of aromatic nitrogens is 6. The van der Waals surface area contributed by atoms with Gasteiger partial charge < -0.3 is 23.3 Å². The van der Waals surface area contributed by atoms with Crippen molar-refractivity contribution < 1.29 is 22.8 Å². The molecular formula is C37H65N7O5Si3. The van der Waals surface area contributed by atoms with E-state index in [1.54, 1.807) is 17.2 Å². The molecule has 3 aromatic heterocycles. The van der Waals surface area contributed by atoms with Crippen molar-refractivity contribution in [2.24, 2.45) is 0 Å². The van der Waals surface area contributed by atoms with Gasteiger partial charge >= 0.3 is 0 Å². The second-order valence-electron chi connectivity index (χ2n) is 19.5. The molecule has 2 fully saturated rings. The van der Waals surface area contributed by atoms with Crippen LogP contribution < -0.4 is 5.32 Å². The van der Waals surface area contributed by atoms with Gasteiger partial charge in [0, 0.05) is 12.2 Å². The van der Waals surface area contributed by atoms with E-state index in [1.165, 1.54) is 19.0 Å². The molecule has 2 aliphatic rings. The highest BCUT2D eigenvalue weighted by Gasteiger charge is 2.55. The molecule has 0 spiro atoms. The first-order valence-corrected chi connectivity index (χ1v) is 27.7. The Kier molecular flexibility index (Phi) is 11.3. The highest BCUT2D eigenvalue weighted by atomic mass is 28.4. The predicted molar refractivity (Wildman–Crippen MR) is 215 cm³/mol. The number of nitrogens with zero attached hydrogens (tertiary/aromatic N) is 6. The SMILES string of the molecule is CC(C)(C)[Si](C)(C)OC[C@H]1O[C@@H](n2cnc3c(NC4CCCC4)nc(-n4cc(C=O)cn4)nc32)[C@@H](O[Si](C)(C)C(C)(C)C)[C@@H]1O[Si](C)(C)C(C)(C)C. The zero-order chi connectivity index (χ0) is 38.7. The standard InChI is InChI=1S/C37H65N7O5Si3/c1-35(2,3)50(10,11)46-23-27-29(48-51(12,13)36(4,5)6)30(49-52(14,15)37(7,8)9)33(47-27)43-24-38-28-31(40-26-18-16-17-19-26)41-34(42-32(28)43)44-21-25(22-45)20-39-44/h20-22,24,26-27,29-30,33H,16-19,23H2,1-15H3,(H,40,41,42)/t27-,29-,30+,33-/m1/s1. The molecule has 0 radical (unpaired) electrons. The van der Waals surface area contributed by atoms with E-state index in [1.807, 2.05) is 4.57 Å². The fourth-order valence-electron chi connectivity index (χ4n) is 5.94. The summed E-state index contributed by atoms with van der Waals surface area (Å²) < 4.78 is 32.4. The van der Waals surface area contributed by atoms with Gasteiger partial charge in [-0.25, -0.2) is 9.67 Å². The number of carbonyl (C=O) groups is 1. The molecule has 0 bridgehead atoms. The summed E-state index contributed by atoms with van der Waals surface area (Å²) in [6.45, 7) is 34.5. The number of carbonyl (C=O) groups excluding carboxylic acids is 1. The van der Waals surface area contributed by atoms with Crippen LogP contribution in [0.3, 0.4) is 0 Å². The number of imidazole rings is 1. The van der Waals surface area contributed by atoms with Crippen LogP contribution in [-0.2, 0) is 18.0 Å². The van der Waals surface area contributed by atoms with Crippen molar-refractivity contribution in [3.8, 4) is 5.95 Å². The van der Waals surface area contributed by atoms with Gasteiger partial charge in [0.25, 0.3) is 5.95 Å². The molecule has 1 aliphatic heterocycles. The topological polar surface area (TPSA) is 127 Å². The number of anilines is 1. The van der Waals surface area contributed by atoms with Crippen LogP contribution >= 0.6 is 0 Å². The van der Waals surface area contributed by atoms with Crippen molar-refractivity contribution in [2.75, 3.05) is 11.9 Å². The van der Waals surface area contributed by atoms with Gasteiger partial charge in [0.05, 0.1) is 24.7 Å². The van der Waals surface area contributed by atoms with Crippen LogP contribution in [0, 0.1) is 0 Å². The maximum Gasteiger partial charge on any atom is 0.254 e. The third kappa shape index (κ3) is 8.35. The smallest absolute Gasteiger partial charge is 0.254 e. The number of ether oxygens (including phenoxy) is 1. The van der Waals surface area contributed by atoms with E-state index in [-0.39, 0.29) is 33.4 Å². The molecular weight excluding hydrogens is 707 g/mol. The minimum absolute atomic E-state index is 0.0324. The summed E-state index contributed by atoms with van der Waals surface area (Å²) >= 11 is 0. The summed E-state index contributed by atoms with van der Waals surface area (Å²) in [5.74, 6) is 0.982. The van der Waals surface area contributed by atoms with Crippen molar-refractivity contribution in [2.45, 2.75) is 173 Å². The summed E-state index contributed by atoms with van der Waals surface area (Å²) in [7, 11) is -6.84. The Bertz CT molecular complexity index is 1710. The Labute approximate surface area is 314 Å². The third-order valence-corrected chi connectivity index (χ3v) is 25.9. The fraction of sp³-hybridized carbons (Fsp3) is 0.757. The second kappa shape index (κ2) is 14.4. The number of hydrogen-bond acceptors (Lipinski definition) is 10. The molecule has 1 N–H and O–H groups in total. The van der Waals surface area contributed by atoms with Crippen LogP contribution in [0.25, 0.3) is 17.1 Å². The van der Waals surface area contributed by atoms with Gasteiger partial charge in [-0.05, 0) is 67.2 Å². The Morgan fingerprint density at radius 2 is 1.44 bits per heavy atom. The second-order valence-corrected chi connectivity index (χ2v) is 33.8. The Morgan fingerprint density at radius 3 is 1.98 bits per heavy atom. The summed E-state index contributed by atoms with van der Waals surface area (Å²) in [6, 6.07) is 0.288. The van der Waals surface area contributed by atoms with Gasteiger partial charge in [0.15, 0.2) is 54.4 Å². The first kappa shape index (κ1) is 40.9. The van der Waals surface area contributed by atoms with Crippen LogP contribution in [0.5, 0.6) is 0 Å². The number of rotatable bonds is 12. The molecule has 4 heterocycles. The first-order chi connectivity index (χ1) is 23.8. The maximum atomic E-state index is 11.6. The van der Waals surface area contributed by atoms with Gasteiger partial charge in [0.2, 0.25) is 0 Å². The monoisotopic (exact) mass is 771 g/mol. The van der Waals surface area contributed by atoms with E-state index in [9.17, 15) is 4.79 Å². The zero-order valence-corrected chi connectivity index (χ0v) is 37.5. The van der Waals surface area contributed by atoms with Gasteiger partial charge in [0.1, 0.15) is 18.3 Å². The van der Waals surface area contributed by atoms with Crippen LogP contribution in [0.1, 0.15) is 105 Å². The van der Waals surface area contributed by atoms with Gasteiger partial charge in [-0.15, -0.1) is 0 Å². The van der Waals surface area contributed by atoms with Crippen LogP contribution in [0.2, 0.25) is 54.4 Å². The molecule has 1 saturated carbocycles. The Morgan fingerprint density at radius 1 is 0.865 bits per heavy atom. The molecule has 3 aromatic rings. The van der Waals surface area contributed by atoms with Gasteiger partial charge in [-0.1, -0.05) is 75.2 Å². The normalized spacial score (nSPS) is 22.8. The van der Waals surface area contributed by atoms with Crippen molar-refractivity contribution in [1.82, 2.24) is 29.3 Å². The molecule has 290 valence electrons. The molecule has 0 aromatic carbocycles. The summed E-state index contributed by atoms with van der Waals surface area (Å²) in [5, 5.41) is 8.02. The fourth-order valence-corrected chi connectivity index (χ4v) is 9.56. The molecule has 5 rings (SSSR count). The quantitative estimate of drug-likeness (QED) is 0.141. The Hall–Kier alpha value is -2.28. The lowest BCUT2D eigenvalue weighted by Gasteiger charge is -2.44. The van der Waals surface area contributed by atoms with Crippen molar-refractivity contribution in [3.63, 3.8) is 0 Å². The minimum Gasteiger partial charge on any atom is -0.414 e. The largest absolute Gasteiger partial charge is 0.414 e. The Balaban J connectivity index is 1.68. The van der Waals surface area contributed by atoms with Crippen LogP contribution in [-0.4, -0.2) is 91.5 Å². The first-order valence-electron chi connectivity index (χ1n) is 19.0. The molecule has 1 aliphatic carbocycles. The summed E-state index contributed by atoms with van der Waals surface area (Å²) in [5.41, 5.74) is 1.69. The highest BCUT2D eigenvalue weighted by Crippen LogP contribution is 2.47. The maximum absolute atomic E-state index is 11.6. The van der Waals surface area contributed by atoms with Crippen LogP contribution in [0.15, 0.2) is 18.7 Å².